The van der Waals surface area contributed by atoms with Gasteiger partial charge in [-0.1, -0.05) is 134 Å². The van der Waals surface area contributed by atoms with Crippen molar-refractivity contribution < 1.29 is 0 Å². The van der Waals surface area contributed by atoms with Crippen LogP contribution in [0.1, 0.15) is 66.0 Å². The van der Waals surface area contributed by atoms with Crippen molar-refractivity contribution in [2.24, 2.45) is 0 Å². The highest BCUT2D eigenvalue weighted by Crippen LogP contribution is 2.65. The lowest BCUT2D eigenvalue weighted by Gasteiger charge is -2.07. The molecule has 0 spiro atoms. The van der Waals surface area contributed by atoms with Gasteiger partial charge < -0.3 is 0 Å². The molecular weight excluding hydrogens is 521 g/mol. The van der Waals surface area contributed by atoms with Crippen molar-refractivity contribution in [2.45, 2.75) is 52.9 Å². The van der Waals surface area contributed by atoms with Crippen molar-refractivity contribution in [1.29, 1.82) is 0 Å². The minimum atomic E-state index is 1.19. The average molecular weight is 551 g/mol. The molecule has 2 aromatic carbocycles. The molecule has 0 radical (unpaired) electrons. The Balaban J connectivity index is 1.48. The van der Waals surface area contributed by atoms with Crippen molar-refractivity contribution in [3.05, 3.63) is 107 Å². The molecule has 3 heterocycles. The predicted octanol–water partition coefficient (Wildman–Crippen LogP) is 11.5. The second-order valence-corrected chi connectivity index (χ2v) is 14.8. The Hall–Kier alpha value is -1.24. The average Bonchev–Trinajstić information content (AvgIpc) is 3.59. The van der Waals surface area contributed by atoms with Crippen molar-refractivity contribution in [1.82, 2.24) is 0 Å². The zero-order valence-electron chi connectivity index (χ0n) is 20.4. The number of hydrogen-bond acceptors (Lipinski definition) is 5. The molecule has 0 saturated carbocycles. The molecule has 35 heavy (non-hydrogen) atoms. The number of thiophene rings is 1. The molecule has 1 aromatic heterocycles. The van der Waals surface area contributed by atoms with Gasteiger partial charge in [-0.05, 0) is 49.4 Å². The molecule has 5 heteroatoms. The maximum atomic E-state index is 2.44. The van der Waals surface area contributed by atoms with Gasteiger partial charge in [0.25, 0.3) is 0 Å². The highest BCUT2D eigenvalue weighted by atomic mass is 32.2. The fraction of sp³-hybridized carbons (Fsp3) is 0.267. The van der Waals surface area contributed by atoms with E-state index in [1.807, 2.05) is 58.4 Å². The van der Waals surface area contributed by atoms with Crippen LogP contribution in [0, 0.1) is 6.92 Å². The van der Waals surface area contributed by atoms with E-state index in [9.17, 15) is 0 Å². The third-order valence-corrected chi connectivity index (χ3v) is 13.1. The maximum absolute atomic E-state index is 2.44. The summed E-state index contributed by atoms with van der Waals surface area (Å²) in [7, 11) is 0. The molecule has 2 aliphatic heterocycles. The second-order valence-electron chi connectivity index (χ2n) is 8.78. The Morgan fingerprint density at radius 3 is 1.91 bits per heavy atom. The molecule has 0 saturated heterocycles. The third kappa shape index (κ3) is 5.86. The van der Waals surface area contributed by atoms with Gasteiger partial charge in [-0.25, -0.2) is 0 Å². The van der Waals surface area contributed by atoms with Crippen LogP contribution in [0.5, 0.6) is 0 Å². The number of allylic oxidation sites excluding steroid dienone is 1. The van der Waals surface area contributed by atoms with E-state index >= 15 is 0 Å². The molecular formula is C30H30S5. The normalized spacial score (nSPS) is 18.3. The highest BCUT2D eigenvalue weighted by molar-refractivity contribution is 8.38. The van der Waals surface area contributed by atoms with Crippen LogP contribution in [-0.4, -0.2) is 0 Å². The predicted molar refractivity (Wildman–Crippen MR) is 167 cm³/mol. The number of unbranched alkanes of at least 4 members (excludes halogenated alkanes) is 3. The van der Waals surface area contributed by atoms with E-state index in [0.29, 0.717) is 0 Å². The largest absolute Gasteiger partial charge is 0.140 e. The first-order valence-electron chi connectivity index (χ1n) is 12.3. The SMILES string of the molecule is CCCCCCc1cc(C)sc1C1=C(c2ccccc2)S/C(=C2\SC(C)=C(c3ccccc3)S2)S1. The van der Waals surface area contributed by atoms with Crippen LogP contribution >= 0.6 is 58.4 Å². The smallest absolute Gasteiger partial charge is 0.0707 e. The summed E-state index contributed by atoms with van der Waals surface area (Å²) in [4.78, 5) is 8.60. The quantitative estimate of drug-likeness (QED) is 0.256. The Bertz CT molecular complexity index is 1280. The van der Waals surface area contributed by atoms with Gasteiger partial charge in [0, 0.05) is 29.4 Å². The number of thioether (sulfide) groups is 4. The Morgan fingerprint density at radius 1 is 0.629 bits per heavy atom. The summed E-state index contributed by atoms with van der Waals surface area (Å²) in [5.74, 6) is 0. The Morgan fingerprint density at radius 2 is 1.23 bits per heavy atom. The van der Waals surface area contributed by atoms with E-state index in [1.54, 1.807) is 0 Å². The van der Waals surface area contributed by atoms with Gasteiger partial charge in [0.05, 0.1) is 8.47 Å². The molecule has 5 rings (SSSR count). The van der Waals surface area contributed by atoms with Gasteiger partial charge in [0.1, 0.15) is 0 Å². The first kappa shape index (κ1) is 25.4. The topological polar surface area (TPSA) is 0 Å². The van der Waals surface area contributed by atoms with E-state index in [4.69, 9.17) is 0 Å². The standard InChI is InChI=1S/C30H30S5/c1-4-5-6-9-18-24-19-20(2)31-27(24)28-26(23-16-12-8-13-17-23)34-30(35-28)29-32-21(3)25(33-29)22-14-10-7-11-15-22/h7-8,10-17,19H,4-6,9,18H2,1-3H3/b30-29-. The molecule has 0 nitrogen and oxygen atoms in total. The minimum Gasteiger partial charge on any atom is -0.140 e. The van der Waals surface area contributed by atoms with E-state index in [2.05, 4.69) is 87.5 Å². The van der Waals surface area contributed by atoms with Crippen LogP contribution < -0.4 is 0 Å². The van der Waals surface area contributed by atoms with E-state index < -0.39 is 0 Å². The lowest BCUT2D eigenvalue weighted by Crippen LogP contribution is -1.88. The monoisotopic (exact) mass is 550 g/mol. The first-order chi connectivity index (χ1) is 17.1. The van der Waals surface area contributed by atoms with Crippen LogP contribution in [0.2, 0.25) is 0 Å². The van der Waals surface area contributed by atoms with Gasteiger partial charge in [-0.15, -0.1) is 11.3 Å². The van der Waals surface area contributed by atoms with Crippen LogP contribution in [-0.2, 0) is 6.42 Å². The number of aryl methyl sites for hydroxylation is 2. The van der Waals surface area contributed by atoms with Crippen molar-refractivity contribution in [3.8, 4) is 0 Å². The van der Waals surface area contributed by atoms with Crippen molar-refractivity contribution >= 4 is 73.1 Å². The third-order valence-electron chi connectivity index (χ3n) is 6.03. The maximum Gasteiger partial charge on any atom is 0.0707 e. The Labute approximate surface area is 231 Å². The Kier molecular flexibility index (Phi) is 8.62. The molecule has 0 amide bonds. The van der Waals surface area contributed by atoms with Gasteiger partial charge >= 0.3 is 0 Å². The van der Waals surface area contributed by atoms with Gasteiger partial charge in [-0.2, -0.15) is 0 Å². The lowest BCUT2D eigenvalue weighted by molar-refractivity contribution is 0.667. The zero-order valence-corrected chi connectivity index (χ0v) is 24.5. The van der Waals surface area contributed by atoms with Gasteiger partial charge in [-0.3, -0.25) is 0 Å². The van der Waals surface area contributed by atoms with Crippen LogP contribution in [0.3, 0.4) is 0 Å². The summed E-state index contributed by atoms with van der Waals surface area (Å²) >= 11 is 9.85. The van der Waals surface area contributed by atoms with Crippen LogP contribution in [0.15, 0.2) is 80.1 Å². The lowest BCUT2D eigenvalue weighted by atomic mass is 10.1. The number of benzene rings is 2. The van der Waals surface area contributed by atoms with E-state index in [-0.39, 0.29) is 0 Å². The molecule has 3 aromatic rings. The minimum absolute atomic E-state index is 1.19. The fourth-order valence-electron chi connectivity index (χ4n) is 4.30. The highest BCUT2D eigenvalue weighted by Gasteiger charge is 2.31. The van der Waals surface area contributed by atoms with Gasteiger partial charge in [0.2, 0.25) is 0 Å². The molecule has 0 unspecified atom stereocenters. The molecule has 180 valence electrons. The van der Waals surface area contributed by atoms with E-state index in [1.165, 1.54) is 86.6 Å². The molecule has 0 N–H and O–H groups in total. The summed E-state index contributed by atoms with van der Waals surface area (Å²) in [5, 5.41) is 0. The van der Waals surface area contributed by atoms with E-state index in [0.717, 1.165) is 0 Å². The molecule has 0 atom stereocenters. The first-order valence-corrected chi connectivity index (χ1v) is 16.3. The van der Waals surface area contributed by atoms with Crippen molar-refractivity contribution in [3.63, 3.8) is 0 Å². The summed E-state index contributed by atoms with van der Waals surface area (Å²) in [6, 6.07) is 24.3. The number of rotatable bonds is 8. The summed E-state index contributed by atoms with van der Waals surface area (Å²) in [5.41, 5.74) is 4.20. The summed E-state index contributed by atoms with van der Waals surface area (Å²) < 4.78 is 2.86. The van der Waals surface area contributed by atoms with Crippen LogP contribution in [0.4, 0.5) is 0 Å². The molecule has 2 aliphatic rings. The molecule has 0 fully saturated rings. The van der Waals surface area contributed by atoms with Crippen molar-refractivity contribution in [2.75, 3.05) is 0 Å². The molecule has 0 aliphatic carbocycles. The summed E-state index contributed by atoms with van der Waals surface area (Å²) in [6.45, 7) is 6.82. The van der Waals surface area contributed by atoms with Crippen LogP contribution in [0.25, 0.3) is 14.7 Å². The van der Waals surface area contributed by atoms with Gasteiger partial charge in [0.15, 0.2) is 0 Å². The summed E-state index contributed by atoms with van der Waals surface area (Å²) in [6.07, 6.45) is 6.42. The fourth-order valence-corrected chi connectivity index (χ4v) is 11.2. The second kappa shape index (κ2) is 11.9. The zero-order chi connectivity index (χ0) is 24.2. The molecule has 0 bridgehead atoms. The number of hydrogen-bond donors (Lipinski definition) is 0.